The molecule has 2 amide bonds. The number of furan rings is 1. The maximum atomic E-state index is 13.0. The minimum absolute atomic E-state index is 0.0281. The number of nitrogens with zero attached hydrogens (tertiary/aromatic N) is 1. The maximum absolute atomic E-state index is 13.0. The van der Waals surface area contributed by atoms with Crippen LogP contribution in [0, 0.1) is 0 Å². The minimum Gasteiger partial charge on any atom is -0.490 e. The van der Waals surface area contributed by atoms with Crippen LogP contribution in [0.3, 0.4) is 0 Å². The Morgan fingerprint density at radius 2 is 2.03 bits per heavy atom. The molecule has 1 aliphatic rings. The zero-order valence-corrected chi connectivity index (χ0v) is 19.0. The van der Waals surface area contributed by atoms with Crippen molar-refractivity contribution in [2.24, 2.45) is 0 Å². The number of ether oxygens (including phenoxy) is 2. The third-order valence-corrected chi connectivity index (χ3v) is 6.37. The van der Waals surface area contributed by atoms with E-state index in [1.807, 2.05) is 19.1 Å². The van der Waals surface area contributed by atoms with E-state index < -0.39 is 11.9 Å². The van der Waals surface area contributed by atoms with Gasteiger partial charge in [-0.2, -0.15) is 0 Å². The molecule has 8 nitrogen and oxygen atoms in total. The van der Waals surface area contributed by atoms with Gasteiger partial charge in [-0.25, -0.2) is 4.79 Å². The van der Waals surface area contributed by atoms with Gasteiger partial charge in [0.2, 0.25) is 5.91 Å². The molecule has 0 saturated carbocycles. The van der Waals surface area contributed by atoms with Crippen LogP contribution in [0.15, 0.2) is 28.7 Å². The van der Waals surface area contributed by atoms with E-state index in [-0.39, 0.29) is 18.3 Å². The monoisotopic (exact) mass is 456 g/mol. The number of carbonyl (C=O) groups excluding carboxylic acids is 3. The number of hydrogen-bond acceptors (Lipinski definition) is 7. The smallest absolute Gasteiger partial charge is 0.341 e. The largest absolute Gasteiger partial charge is 0.490 e. The number of carbonyl (C=O) groups is 3. The van der Waals surface area contributed by atoms with Crippen LogP contribution in [0.5, 0.6) is 5.75 Å². The Morgan fingerprint density at radius 3 is 2.75 bits per heavy atom. The first-order chi connectivity index (χ1) is 15.4. The molecule has 3 heterocycles. The second-order valence-electron chi connectivity index (χ2n) is 7.29. The van der Waals surface area contributed by atoms with E-state index in [0.717, 1.165) is 15.8 Å². The summed E-state index contributed by atoms with van der Waals surface area (Å²) in [6.07, 6.45) is 0.526. The van der Waals surface area contributed by atoms with Crippen molar-refractivity contribution in [3.05, 3.63) is 46.0 Å². The summed E-state index contributed by atoms with van der Waals surface area (Å²) in [4.78, 5) is 40.1. The van der Waals surface area contributed by atoms with Crippen LogP contribution in [0.1, 0.15) is 52.1 Å². The van der Waals surface area contributed by atoms with Crippen molar-refractivity contribution in [2.45, 2.75) is 33.7 Å². The van der Waals surface area contributed by atoms with E-state index in [2.05, 4.69) is 5.32 Å². The van der Waals surface area contributed by atoms with Gasteiger partial charge < -0.3 is 24.1 Å². The number of para-hydroxylation sites is 1. The molecule has 0 atom stereocenters. The molecule has 0 bridgehead atoms. The van der Waals surface area contributed by atoms with E-state index in [0.29, 0.717) is 48.0 Å². The van der Waals surface area contributed by atoms with Gasteiger partial charge in [0.1, 0.15) is 5.00 Å². The molecular weight excluding hydrogens is 432 g/mol. The van der Waals surface area contributed by atoms with Gasteiger partial charge in [-0.05, 0) is 38.0 Å². The van der Waals surface area contributed by atoms with Crippen LogP contribution in [0.2, 0.25) is 0 Å². The molecule has 0 saturated heterocycles. The summed E-state index contributed by atoms with van der Waals surface area (Å²) >= 11 is 1.29. The molecule has 0 spiro atoms. The first kappa shape index (κ1) is 21.9. The number of amides is 2. The van der Waals surface area contributed by atoms with Gasteiger partial charge in [-0.1, -0.05) is 12.1 Å². The topological polar surface area (TPSA) is 98.1 Å². The van der Waals surface area contributed by atoms with Crippen molar-refractivity contribution in [2.75, 3.05) is 25.1 Å². The number of fused-ring (bicyclic) bond motifs is 2. The normalized spacial score (nSPS) is 13.0. The highest BCUT2D eigenvalue weighted by atomic mass is 32.1. The molecule has 32 heavy (non-hydrogen) atoms. The lowest BCUT2D eigenvalue weighted by atomic mass is 10.0. The van der Waals surface area contributed by atoms with Crippen molar-refractivity contribution in [1.82, 2.24) is 4.90 Å². The fourth-order valence-electron chi connectivity index (χ4n) is 3.76. The fraction of sp³-hybridized carbons (Fsp3) is 0.348. The third kappa shape index (κ3) is 4.08. The molecule has 4 rings (SSSR count). The zero-order chi connectivity index (χ0) is 22.8. The van der Waals surface area contributed by atoms with Gasteiger partial charge in [0, 0.05) is 23.7 Å². The highest BCUT2D eigenvalue weighted by molar-refractivity contribution is 7.17. The molecule has 3 aromatic rings. The summed E-state index contributed by atoms with van der Waals surface area (Å²) in [5.74, 6) is -0.318. The predicted molar refractivity (Wildman–Crippen MR) is 120 cm³/mol. The molecule has 1 N–H and O–H groups in total. The van der Waals surface area contributed by atoms with Crippen LogP contribution >= 0.6 is 11.3 Å². The van der Waals surface area contributed by atoms with E-state index in [1.54, 1.807) is 24.0 Å². The average molecular weight is 457 g/mol. The Kier molecular flexibility index (Phi) is 6.18. The Bertz CT molecular complexity index is 1190. The predicted octanol–water partition coefficient (Wildman–Crippen LogP) is 4.23. The van der Waals surface area contributed by atoms with Crippen molar-refractivity contribution in [3.63, 3.8) is 0 Å². The number of nitrogens with one attached hydrogen (secondary N) is 1. The number of thiophene rings is 1. The van der Waals surface area contributed by atoms with Gasteiger partial charge in [-0.3, -0.25) is 9.59 Å². The van der Waals surface area contributed by atoms with Gasteiger partial charge in [-0.15, -0.1) is 11.3 Å². The summed E-state index contributed by atoms with van der Waals surface area (Å²) in [6.45, 7) is 6.74. The lowest BCUT2D eigenvalue weighted by Gasteiger charge is -2.25. The summed E-state index contributed by atoms with van der Waals surface area (Å²) in [5, 5.41) is 3.96. The fourth-order valence-corrected chi connectivity index (χ4v) is 5.01. The molecule has 9 heteroatoms. The van der Waals surface area contributed by atoms with Crippen LogP contribution in [-0.2, 0) is 22.5 Å². The molecule has 0 unspecified atom stereocenters. The van der Waals surface area contributed by atoms with Crippen molar-refractivity contribution < 1.29 is 28.3 Å². The number of esters is 1. The van der Waals surface area contributed by atoms with Gasteiger partial charge in [0.05, 0.1) is 25.3 Å². The van der Waals surface area contributed by atoms with Crippen molar-refractivity contribution in [1.29, 1.82) is 0 Å². The molecule has 2 aromatic heterocycles. The summed E-state index contributed by atoms with van der Waals surface area (Å²) in [7, 11) is 0. The summed E-state index contributed by atoms with van der Waals surface area (Å²) in [5.41, 5.74) is 1.67. The second-order valence-corrected chi connectivity index (χ2v) is 8.40. The van der Waals surface area contributed by atoms with Crippen LogP contribution in [0.25, 0.3) is 11.0 Å². The molecule has 168 valence electrons. The van der Waals surface area contributed by atoms with Gasteiger partial charge in [0.15, 0.2) is 17.1 Å². The minimum atomic E-state index is -0.486. The average Bonchev–Trinajstić information content (AvgIpc) is 3.35. The van der Waals surface area contributed by atoms with E-state index in [9.17, 15) is 14.4 Å². The Balaban J connectivity index is 1.67. The summed E-state index contributed by atoms with van der Waals surface area (Å²) < 4.78 is 16.6. The maximum Gasteiger partial charge on any atom is 0.341 e. The van der Waals surface area contributed by atoms with Crippen LogP contribution < -0.4 is 10.1 Å². The Labute approximate surface area is 189 Å². The highest BCUT2D eigenvalue weighted by Gasteiger charge is 2.30. The molecule has 0 aliphatic carbocycles. The number of rotatable bonds is 6. The van der Waals surface area contributed by atoms with Gasteiger partial charge >= 0.3 is 5.97 Å². The van der Waals surface area contributed by atoms with Crippen LogP contribution in [-0.4, -0.2) is 42.4 Å². The molecule has 1 aliphatic heterocycles. The molecule has 0 fully saturated rings. The first-order valence-electron chi connectivity index (χ1n) is 10.5. The lowest BCUT2D eigenvalue weighted by Crippen LogP contribution is -2.34. The molecule has 0 radical (unpaired) electrons. The summed E-state index contributed by atoms with van der Waals surface area (Å²) in [6, 6.07) is 7.09. The molecule has 1 aromatic carbocycles. The molecular formula is C23H24N2O6S. The Hall–Kier alpha value is -3.33. The zero-order valence-electron chi connectivity index (χ0n) is 18.1. The van der Waals surface area contributed by atoms with E-state index in [1.165, 1.54) is 18.3 Å². The van der Waals surface area contributed by atoms with Crippen molar-refractivity contribution in [3.8, 4) is 5.75 Å². The second kappa shape index (κ2) is 9.04. The Morgan fingerprint density at radius 1 is 1.22 bits per heavy atom. The van der Waals surface area contributed by atoms with Crippen LogP contribution in [0.4, 0.5) is 5.00 Å². The number of hydrogen-bond donors (Lipinski definition) is 1. The van der Waals surface area contributed by atoms with E-state index >= 15 is 0 Å². The standard InChI is InChI=1S/C23H24N2O6S/c1-4-29-16-8-6-7-14-11-17(31-20(14)16)21(27)24-22-19(23(28)30-5-2)15-9-10-25(13(3)26)12-18(15)32-22/h6-8,11H,4-5,9-10,12H2,1-3H3,(H,24,27). The SMILES string of the molecule is CCOC(=O)c1c(NC(=O)c2cc3cccc(OCC)c3o2)sc2c1CCN(C(C)=O)C2. The number of benzene rings is 1. The highest BCUT2D eigenvalue weighted by Crippen LogP contribution is 2.38. The van der Waals surface area contributed by atoms with Gasteiger partial charge in [0.25, 0.3) is 5.91 Å². The number of anilines is 1. The third-order valence-electron chi connectivity index (χ3n) is 5.24. The first-order valence-corrected chi connectivity index (χ1v) is 11.3. The van der Waals surface area contributed by atoms with E-state index in [4.69, 9.17) is 13.9 Å². The quantitative estimate of drug-likeness (QED) is 0.558. The van der Waals surface area contributed by atoms with Crippen molar-refractivity contribution >= 4 is 45.1 Å². The lowest BCUT2D eigenvalue weighted by molar-refractivity contribution is -0.129.